The van der Waals surface area contributed by atoms with Crippen LogP contribution in [0.3, 0.4) is 0 Å². The Bertz CT molecular complexity index is 341. The van der Waals surface area contributed by atoms with Crippen molar-refractivity contribution in [2.75, 3.05) is 0 Å². The van der Waals surface area contributed by atoms with Gasteiger partial charge < -0.3 is 4.74 Å². The molecule has 0 unspecified atom stereocenters. The third-order valence-corrected chi connectivity index (χ3v) is 2.16. The quantitative estimate of drug-likeness (QED) is 0.785. The summed E-state index contributed by atoms with van der Waals surface area (Å²) in [6, 6.07) is 0. The lowest BCUT2D eigenvalue weighted by Gasteiger charge is -2.20. The molecule has 0 saturated heterocycles. The fourth-order valence-corrected chi connectivity index (χ4v) is 1.02. The van der Waals surface area contributed by atoms with E-state index in [4.69, 9.17) is 16.3 Å². The highest BCUT2D eigenvalue weighted by Gasteiger charge is 2.16. The molecular formula is C12H21ClN2O2. The lowest BCUT2D eigenvalue weighted by molar-refractivity contribution is 0.0545. The molecule has 0 saturated carbocycles. The average Bonchev–Trinajstić information content (AvgIpc) is 2.14. The fraction of sp³-hybridized carbons (Fsp3) is 0.667. The number of alkyl carbamates (subject to hydrolysis) is 1. The van der Waals surface area contributed by atoms with Gasteiger partial charge in [-0.05, 0) is 41.0 Å². The predicted molar refractivity (Wildman–Crippen MR) is 71.3 cm³/mol. The van der Waals surface area contributed by atoms with E-state index in [-0.39, 0.29) is 0 Å². The summed E-state index contributed by atoms with van der Waals surface area (Å²) >= 11 is 5.82. The van der Waals surface area contributed by atoms with Crippen molar-refractivity contribution in [1.29, 1.82) is 0 Å². The van der Waals surface area contributed by atoms with Crippen LogP contribution in [0.2, 0.25) is 0 Å². The van der Waals surface area contributed by atoms with Gasteiger partial charge in [0, 0.05) is 5.70 Å². The number of carbonyl (C=O) groups is 1. The molecule has 0 aromatic carbocycles. The number of allylic oxidation sites excluding steroid dienone is 2. The zero-order chi connectivity index (χ0) is 13.6. The van der Waals surface area contributed by atoms with Crippen LogP contribution in [-0.4, -0.2) is 16.9 Å². The van der Waals surface area contributed by atoms with E-state index in [1.165, 1.54) is 0 Å². The van der Waals surface area contributed by atoms with Crippen LogP contribution in [-0.2, 0) is 4.74 Å². The van der Waals surface area contributed by atoms with Gasteiger partial charge in [-0.15, -0.1) is 0 Å². The van der Waals surface area contributed by atoms with Crippen molar-refractivity contribution in [3.8, 4) is 0 Å². The number of amides is 1. The summed E-state index contributed by atoms with van der Waals surface area (Å²) in [5.74, 6) is 0. The molecule has 0 heterocycles. The molecule has 0 aliphatic rings. The molecule has 1 N–H and O–H groups in total. The van der Waals surface area contributed by atoms with Crippen molar-refractivity contribution in [3.63, 3.8) is 0 Å². The van der Waals surface area contributed by atoms with E-state index < -0.39 is 11.7 Å². The van der Waals surface area contributed by atoms with Gasteiger partial charge in [0.05, 0.1) is 5.70 Å². The number of hydrogen-bond acceptors (Lipinski definition) is 3. The van der Waals surface area contributed by atoms with E-state index in [0.29, 0.717) is 23.0 Å². The second kappa shape index (κ2) is 6.64. The standard InChI is InChI=1S/C12H21ClN2O2/c1-7-10(13)14-8(2)9(3)15-11(16)17-12(4,5)6/h7H2,1-6H3,(H,15,16)/b9-8+,14-10?. The van der Waals surface area contributed by atoms with Crippen LogP contribution in [0.25, 0.3) is 0 Å². The van der Waals surface area contributed by atoms with Crippen molar-refractivity contribution in [3.05, 3.63) is 11.4 Å². The van der Waals surface area contributed by atoms with Gasteiger partial charge in [0.15, 0.2) is 0 Å². The topological polar surface area (TPSA) is 50.7 Å². The number of carbonyl (C=O) groups excluding carboxylic acids is 1. The number of nitrogens with one attached hydrogen (secondary N) is 1. The molecule has 0 fully saturated rings. The highest BCUT2D eigenvalue weighted by Crippen LogP contribution is 2.09. The maximum Gasteiger partial charge on any atom is 0.411 e. The van der Waals surface area contributed by atoms with Crippen LogP contribution in [0.4, 0.5) is 4.79 Å². The lowest BCUT2D eigenvalue weighted by atomic mass is 10.2. The van der Waals surface area contributed by atoms with Crippen LogP contribution in [0.5, 0.6) is 0 Å². The van der Waals surface area contributed by atoms with Gasteiger partial charge in [-0.2, -0.15) is 0 Å². The first-order valence-corrected chi connectivity index (χ1v) is 5.94. The number of aliphatic imine (C=N–C) groups is 1. The van der Waals surface area contributed by atoms with Gasteiger partial charge in [-0.3, -0.25) is 5.32 Å². The van der Waals surface area contributed by atoms with Gasteiger partial charge in [0.1, 0.15) is 10.8 Å². The fourth-order valence-electron chi connectivity index (χ4n) is 0.892. The Morgan fingerprint density at radius 3 is 2.29 bits per heavy atom. The predicted octanol–water partition coefficient (Wildman–Crippen LogP) is 3.81. The van der Waals surface area contributed by atoms with E-state index in [1.54, 1.807) is 13.8 Å². The first-order valence-electron chi connectivity index (χ1n) is 5.56. The largest absolute Gasteiger partial charge is 0.444 e. The lowest BCUT2D eigenvalue weighted by Crippen LogP contribution is -2.31. The number of halogens is 1. The molecule has 0 aliphatic heterocycles. The van der Waals surface area contributed by atoms with E-state index in [2.05, 4.69) is 10.3 Å². The van der Waals surface area contributed by atoms with Crippen LogP contribution >= 0.6 is 11.6 Å². The molecule has 98 valence electrons. The summed E-state index contributed by atoms with van der Waals surface area (Å²) in [4.78, 5) is 15.6. The Hall–Kier alpha value is -1.03. The van der Waals surface area contributed by atoms with Gasteiger partial charge in [-0.25, -0.2) is 9.79 Å². The van der Waals surface area contributed by atoms with Crippen molar-refractivity contribution in [2.24, 2.45) is 4.99 Å². The minimum Gasteiger partial charge on any atom is -0.444 e. The highest BCUT2D eigenvalue weighted by molar-refractivity contribution is 6.65. The van der Waals surface area contributed by atoms with Crippen LogP contribution in [0, 0.1) is 0 Å². The molecule has 0 aromatic rings. The number of rotatable bonds is 3. The average molecular weight is 261 g/mol. The smallest absolute Gasteiger partial charge is 0.411 e. The molecule has 0 aromatic heterocycles. The van der Waals surface area contributed by atoms with E-state index in [9.17, 15) is 4.79 Å². The molecule has 0 spiro atoms. The maximum atomic E-state index is 11.5. The Kier molecular flexibility index (Phi) is 6.24. The van der Waals surface area contributed by atoms with Crippen molar-refractivity contribution >= 4 is 22.9 Å². The summed E-state index contributed by atoms with van der Waals surface area (Å²) in [5.41, 5.74) is 0.788. The van der Waals surface area contributed by atoms with Crippen molar-refractivity contribution in [1.82, 2.24) is 5.32 Å². The van der Waals surface area contributed by atoms with Crippen LogP contribution in [0.1, 0.15) is 48.0 Å². The Labute approximate surface area is 108 Å². The van der Waals surface area contributed by atoms with Gasteiger partial charge >= 0.3 is 6.09 Å². The van der Waals surface area contributed by atoms with Gasteiger partial charge in [0.2, 0.25) is 0 Å². The summed E-state index contributed by atoms with van der Waals surface area (Å²) in [7, 11) is 0. The summed E-state index contributed by atoms with van der Waals surface area (Å²) in [6.07, 6.45) is 0.177. The van der Waals surface area contributed by atoms with Crippen LogP contribution in [0.15, 0.2) is 16.4 Å². The Morgan fingerprint density at radius 2 is 1.88 bits per heavy atom. The summed E-state index contributed by atoms with van der Waals surface area (Å²) in [6.45, 7) is 10.9. The number of ether oxygens (including phenoxy) is 1. The molecule has 4 nitrogen and oxygen atoms in total. The van der Waals surface area contributed by atoms with E-state index in [1.807, 2.05) is 27.7 Å². The Morgan fingerprint density at radius 1 is 1.35 bits per heavy atom. The molecule has 1 amide bonds. The third kappa shape index (κ3) is 7.80. The molecule has 0 atom stereocenters. The molecule has 17 heavy (non-hydrogen) atoms. The van der Waals surface area contributed by atoms with Crippen molar-refractivity contribution < 1.29 is 9.53 Å². The van der Waals surface area contributed by atoms with E-state index >= 15 is 0 Å². The first-order chi connectivity index (χ1) is 7.65. The molecule has 0 bridgehead atoms. The monoisotopic (exact) mass is 260 g/mol. The molecule has 5 heteroatoms. The molecule has 0 aliphatic carbocycles. The summed E-state index contributed by atoms with van der Waals surface area (Å²) < 4.78 is 5.12. The minimum atomic E-state index is -0.511. The first kappa shape index (κ1) is 16.0. The molecular weight excluding hydrogens is 240 g/mol. The number of hydrogen-bond donors (Lipinski definition) is 1. The SMILES string of the molecule is CCC(Cl)=N/C(C)=C(\C)NC(=O)OC(C)(C)C. The van der Waals surface area contributed by atoms with Crippen LogP contribution < -0.4 is 5.32 Å². The molecule has 0 rings (SSSR count). The van der Waals surface area contributed by atoms with E-state index in [0.717, 1.165) is 0 Å². The highest BCUT2D eigenvalue weighted by atomic mass is 35.5. The third-order valence-electron chi connectivity index (χ3n) is 1.81. The van der Waals surface area contributed by atoms with Gasteiger partial charge in [0.25, 0.3) is 0 Å². The second-order valence-corrected chi connectivity index (χ2v) is 5.12. The zero-order valence-corrected chi connectivity index (χ0v) is 12.1. The van der Waals surface area contributed by atoms with Crippen molar-refractivity contribution in [2.45, 2.75) is 53.6 Å². The Balaban J connectivity index is 4.58. The number of nitrogens with zero attached hydrogens (tertiary/aromatic N) is 1. The summed E-state index contributed by atoms with van der Waals surface area (Å²) in [5, 5.41) is 3.13. The van der Waals surface area contributed by atoms with Gasteiger partial charge in [-0.1, -0.05) is 18.5 Å². The minimum absolute atomic E-state index is 0.489. The zero-order valence-electron chi connectivity index (χ0n) is 11.3. The second-order valence-electron chi connectivity index (χ2n) is 4.68. The maximum absolute atomic E-state index is 11.5. The molecule has 0 radical (unpaired) electrons. The normalized spacial score (nSPS) is 14.2.